The maximum atomic E-state index is 11.9. The van der Waals surface area contributed by atoms with E-state index in [9.17, 15) is 13.2 Å². The third-order valence-corrected chi connectivity index (χ3v) is 4.34. The molecule has 0 radical (unpaired) electrons. The Balaban J connectivity index is 2.64. The maximum absolute atomic E-state index is 11.9. The Morgan fingerprint density at radius 2 is 1.81 bits per heavy atom. The standard InChI is InChI=1S/C14H23N3O3S/c1-11(2)17-21(19,20)13-8-6-12(7-9-13)16-14(18)5-4-10-15-3/h6-9,11,15,17H,4-5,10H2,1-3H3,(H,16,18). The Morgan fingerprint density at radius 1 is 1.19 bits per heavy atom. The lowest BCUT2D eigenvalue weighted by Gasteiger charge is -2.10. The van der Waals surface area contributed by atoms with Gasteiger partial charge in [0.1, 0.15) is 0 Å². The second kappa shape index (κ2) is 8.11. The summed E-state index contributed by atoms with van der Waals surface area (Å²) in [6.45, 7) is 4.31. The molecule has 1 aromatic carbocycles. The number of anilines is 1. The smallest absolute Gasteiger partial charge is 0.240 e. The molecule has 1 amide bonds. The largest absolute Gasteiger partial charge is 0.326 e. The minimum Gasteiger partial charge on any atom is -0.326 e. The van der Waals surface area contributed by atoms with E-state index in [0.717, 1.165) is 13.0 Å². The molecule has 0 aliphatic carbocycles. The fourth-order valence-electron chi connectivity index (χ4n) is 1.74. The lowest BCUT2D eigenvalue weighted by molar-refractivity contribution is -0.116. The van der Waals surface area contributed by atoms with Gasteiger partial charge in [-0.05, 0) is 58.1 Å². The summed E-state index contributed by atoms with van der Waals surface area (Å²) in [7, 11) is -1.66. The van der Waals surface area contributed by atoms with Crippen LogP contribution in [0.2, 0.25) is 0 Å². The Hall–Kier alpha value is -1.44. The van der Waals surface area contributed by atoms with Crippen LogP contribution in [0.4, 0.5) is 5.69 Å². The summed E-state index contributed by atoms with van der Waals surface area (Å²) >= 11 is 0. The molecule has 1 aromatic rings. The second-order valence-corrected chi connectivity index (χ2v) is 6.77. The molecule has 0 aromatic heterocycles. The Kier molecular flexibility index (Phi) is 6.80. The number of benzene rings is 1. The highest BCUT2D eigenvalue weighted by Crippen LogP contribution is 2.14. The van der Waals surface area contributed by atoms with Crippen molar-refractivity contribution in [2.75, 3.05) is 18.9 Å². The van der Waals surface area contributed by atoms with Gasteiger partial charge in [0.2, 0.25) is 15.9 Å². The highest BCUT2D eigenvalue weighted by Gasteiger charge is 2.15. The Morgan fingerprint density at radius 3 is 2.33 bits per heavy atom. The van der Waals surface area contributed by atoms with E-state index in [0.29, 0.717) is 12.1 Å². The van der Waals surface area contributed by atoms with E-state index in [1.807, 2.05) is 7.05 Å². The summed E-state index contributed by atoms with van der Waals surface area (Å²) in [5.74, 6) is -0.0823. The molecule has 3 N–H and O–H groups in total. The van der Waals surface area contributed by atoms with Crippen LogP contribution in [0.3, 0.4) is 0 Å². The topological polar surface area (TPSA) is 87.3 Å². The molecule has 0 bridgehead atoms. The lowest BCUT2D eigenvalue weighted by Crippen LogP contribution is -2.30. The van der Waals surface area contributed by atoms with Gasteiger partial charge in [-0.2, -0.15) is 0 Å². The quantitative estimate of drug-likeness (QED) is 0.632. The van der Waals surface area contributed by atoms with Gasteiger partial charge in [0.15, 0.2) is 0 Å². The summed E-state index contributed by atoms with van der Waals surface area (Å²) in [5.41, 5.74) is 0.591. The Bertz CT molecular complexity index is 553. The zero-order chi connectivity index (χ0) is 15.9. The SMILES string of the molecule is CNCCCC(=O)Nc1ccc(S(=O)(=O)NC(C)C)cc1. The predicted octanol–water partition coefficient (Wildman–Crippen LogP) is 1.31. The van der Waals surface area contributed by atoms with Gasteiger partial charge in [-0.3, -0.25) is 4.79 Å². The fraction of sp³-hybridized carbons (Fsp3) is 0.500. The number of nitrogens with one attached hydrogen (secondary N) is 3. The third kappa shape index (κ3) is 6.24. The van der Waals surface area contributed by atoms with Crippen LogP contribution < -0.4 is 15.4 Å². The van der Waals surface area contributed by atoms with Gasteiger partial charge in [0.05, 0.1) is 4.90 Å². The number of carbonyl (C=O) groups is 1. The van der Waals surface area contributed by atoms with Crippen molar-refractivity contribution in [3.63, 3.8) is 0 Å². The van der Waals surface area contributed by atoms with Gasteiger partial charge in [-0.1, -0.05) is 0 Å². The summed E-state index contributed by atoms with van der Waals surface area (Å²) in [4.78, 5) is 11.8. The number of hydrogen-bond acceptors (Lipinski definition) is 4. The second-order valence-electron chi connectivity index (χ2n) is 5.06. The van der Waals surface area contributed by atoms with Crippen molar-refractivity contribution < 1.29 is 13.2 Å². The molecule has 0 saturated carbocycles. The van der Waals surface area contributed by atoms with Crippen LogP contribution in [-0.2, 0) is 14.8 Å². The normalized spacial score (nSPS) is 11.6. The van der Waals surface area contributed by atoms with E-state index >= 15 is 0 Å². The minimum atomic E-state index is -3.49. The predicted molar refractivity (Wildman–Crippen MR) is 83.7 cm³/mol. The lowest BCUT2D eigenvalue weighted by atomic mass is 10.2. The van der Waals surface area contributed by atoms with Gasteiger partial charge in [0.25, 0.3) is 0 Å². The molecule has 21 heavy (non-hydrogen) atoms. The summed E-state index contributed by atoms with van der Waals surface area (Å²) in [6, 6.07) is 5.97. The molecule has 6 nitrogen and oxygen atoms in total. The van der Waals surface area contributed by atoms with Gasteiger partial charge < -0.3 is 10.6 Å². The van der Waals surface area contributed by atoms with E-state index in [2.05, 4.69) is 15.4 Å². The van der Waals surface area contributed by atoms with E-state index in [4.69, 9.17) is 0 Å². The first-order chi connectivity index (χ1) is 9.85. The first-order valence-corrected chi connectivity index (χ1v) is 8.40. The van der Waals surface area contributed by atoms with Crippen LogP contribution in [0.25, 0.3) is 0 Å². The summed E-state index contributed by atoms with van der Waals surface area (Å²) in [6.07, 6.45) is 1.18. The van der Waals surface area contributed by atoms with Crippen LogP contribution >= 0.6 is 0 Å². The molecule has 0 aliphatic rings. The molecule has 0 fully saturated rings. The zero-order valence-corrected chi connectivity index (χ0v) is 13.5. The monoisotopic (exact) mass is 313 g/mol. The maximum Gasteiger partial charge on any atom is 0.240 e. The molecule has 118 valence electrons. The number of amides is 1. The molecule has 0 spiro atoms. The van der Waals surface area contributed by atoms with Crippen molar-refractivity contribution in [1.29, 1.82) is 0 Å². The van der Waals surface area contributed by atoms with Gasteiger partial charge in [-0.15, -0.1) is 0 Å². The van der Waals surface area contributed by atoms with E-state index < -0.39 is 10.0 Å². The molecule has 7 heteroatoms. The summed E-state index contributed by atoms with van der Waals surface area (Å²) < 4.78 is 26.4. The Labute approximate surface area is 126 Å². The molecule has 0 saturated heterocycles. The molecular formula is C14H23N3O3S. The number of carbonyl (C=O) groups excluding carboxylic acids is 1. The number of rotatable bonds is 8. The fourth-order valence-corrected chi connectivity index (χ4v) is 3.00. The number of sulfonamides is 1. The molecule has 1 rings (SSSR count). The van der Waals surface area contributed by atoms with Crippen LogP contribution in [0.15, 0.2) is 29.2 Å². The van der Waals surface area contributed by atoms with Gasteiger partial charge in [-0.25, -0.2) is 13.1 Å². The molecule has 0 unspecified atom stereocenters. The summed E-state index contributed by atoms with van der Waals surface area (Å²) in [5, 5.41) is 5.71. The molecule has 0 aliphatic heterocycles. The van der Waals surface area contributed by atoms with Gasteiger partial charge >= 0.3 is 0 Å². The van der Waals surface area contributed by atoms with Crippen LogP contribution in [0.5, 0.6) is 0 Å². The highest BCUT2D eigenvalue weighted by molar-refractivity contribution is 7.89. The highest BCUT2D eigenvalue weighted by atomic mass is 32.2. The average molecular weight is 313 g/mol. The van der Waals surface area contributed by atoms with Crippen molar-refractivity contribution in [1.82, 2.24) is 10.0 Å². The molecule has 0 atom stereocenters. The van der Waals surface area contributed by atoms with Crippen LogP contribution in [-0.4, -0.2) is 34.0 Å². The van der Waals surface area contributed by atoms with Gasteiger partial charge in [0, 0.05) is 18.2 Å². The average Bonchev–Trinajstić information content (AvgIpc) is 2.38. The molecular weight excluding hydrogens is 290 g/mol. The van der Waals surface area contributed by atoms with Crippen molar-refractivity contribution in [2.24, 2.45) is 0 Å². The van der Waals surface area contributed by atoms with E-state index in [-0.39, 0.29) is 16.8 Å². The van der Waals surface area contributed by atoms with Crippen molar-refractivity contribution in [3.8, 4) is 0 Å². The zero-order valence-electron chi connectivity index (χ0n) is 12.6. The number of hydrogen-bond donors (Lipinski definition) is 3. The van der Waals surface area contributed by atoms with Crippen LogP contribution in [0, 0.1) is 0 Å². The van der Waals surface area contributed by atoms with Crippen molar-refractivity contribution in [2.45, 2.75) is 37.6 Å². The van der Waals surface area contributed by atoms with E-state index in [1.165, 1.54) is 12.1 Å². The molecule has 0 heterocycles. The van der Waals surface area contributed by atoms with E-state index in [1.54, 1.807) is 26.0 Å². The minimum absolute atomic E-state index is 0.0823. The van der Waals surface area contributed by atoms with Crippen LogP contribution in [0.1, 0.15) is 26.7 Å². The van der Waals surface area contributed by atoms with Crippen molar-refractivity contribution in [3.05, 3.63) is 24.3 Å². The van der Waals surface area contributed by atoms with Crippen molar-refractivity contribution >= 4 is 21.6 Å². The first-order valence-electron chi connectivity index (χ1n) is 6.92. The first kappa shape index (κ1) is 17.6. The third-order valence-electron chi connectivity index (χ3n) is 2.67.